The zero-order chi connectivity index (χ0) is 17.9. The molecule has 2 rings (SSSR count). The molecule has 0 aliphatic carbocycles. The van der Waals surface area contributed by atoms with Crippen LogP contribution in [0.1, 0.15) is 12.0 Å². The minimum Gasteiger partial charge on any atom is -0.494 e. The van der Waals surface area contributed by atoms with Crippen molar-refractivity contribution < 1.29 is 14.2 Å². The molecular weight excluding hydrogens is 318 g/mol. The van der Waals surface area contributed by atoms with E-state index in [2.05, 4.69) is 10.3 Å². The molecule has 0 aliphatic heterocycles. The first kappa shape index (κ1) is 18.4. The molecule has 0 amide bonds. The average Bonchev–Trinajstić information content (AvgIpc) is 2.66. The van der Waals surface area contributed by atoms with E-state index >= 15 is 0 Å². The van der Waals surface area contributed by atoms with Crippen molar-refractivity contribution in [1.29, 1.82) is 0 Å². The van der Waals surface area contributed by atoms with Crippen LogP contribution in [-0.4, -0.2) is 33.3 Å². The number of benzene rings is 2. The number of nitrogens with one attached hydrogen (secondary N) is 1. The lowest BCUT2D eigenvalue weighted by Gasteiger charge is -2.09. The molecule has 0 radical (unpaired) electrons. The second-order valence-corrected chi connectivity index (χ2v) is 5.33. The monoisotopic (exact) mass is 343 g/mol. The molecule has 6 nitrogen and oxygen atoms in total. The number of nitrogens with zero attached hydrogens (tertiary/aromatic N) is 1. The van der Waals surface area contributed by atoms with Gasteiger partial charge in [0.25, 0.3) is 0 Å². The highest BCUT2D eigenvalue weighted by atomic mass is 16.5. The predicted octanol–water partition coefficient (Wildman–Crippen LogP) is 2.58. The van der Waals surface area contributed by atoms with E-state index in [4.69, 9.17) is 19.9 Å². The Bertz CT molecular complexity index is 675. The molecule has 0 bridgehead atoms. The molecule has 0 saturated heterocycles. The van der Waals surface area contributed by atoms with Crippen LogP contribution >= 0.6 is 0 Å². The van der Waals surface area contributed by atoms with E-state index in [1.165, 1.54) is 0 Å². The molecule has 0 atom stereocenters. The number of para-hydroxylation sites is 1. The van der Waals surface area contributed by atoms with Crippen molar-refractivity contribution in [2.75, 3.05) is 27.4 Å². The van der Waals surface area contributed by atoms with Crippen LogP contribution in [0.15, 0.2) is 53.5 Å². The van der Waals surface area contributed by atoms with Crippen LogP contribution in [0.5, 0.6) is 17.2 Å². The van der Waals surface area contributed by atoms with Gasteiger partial charge >= 0.3 is 0 Å². The van der Waals surface area contributed by atoms with Gasteiger partial charge in [-0.25, -0.2) is 4.99 Å². The van der Waals surface area contributed by atoms with Crippen LogP contribution in [-0.2, 0) is 6.54 Å². The van der Waals surface area contributed by atoms with Gasteiger partial charge in [0.05, 0.1) is 27.4 Å². The Hall–Kier alpha value is -2.89. The first-order chi connectivity index (χ1) is 12.2. The Morgan fingerprint density at radius 1 is 1.04 bits per heavy atom. The number of guanidine groups is 1. The van der Waals surface area contributed by atoms with Crippen LogP contribution in [0, 0.1) is 0 Å². The number of ether oxygens (including phenoxy) is 3. The van der Waals surface area contributed by atoms with Crippen LogP contribution < -0.4 is 25.3 Å². The van der Waals surface area contributed by atoms with Gasteiger partial charge in [-0.1, -0.05) is 24.3 Å². The van der Waals surface area contributed by atoms with Gasteiger partial charge in [-0.15, -0.1) is 0 Å². The molecule has 2 aromatic rings. The molecular formula is C19H25N3O3. The molecule has 0 spiro atoms. The molecule has 0 unspecified atom stereocenters. The molecule has 0 aliphatic rings. The van der Waals surface area contributed by atoms with Gasteiger partial charge < -0.3 is 25.3 Å². The van der Waals surface area contributed by atoms with Gasteiger partial charge in [0.1, 0.15) is 5.75 Å². The highest BCUT2D eigenvalue weighted by Crippen LogP contribution is 2.27. The number of aliphatic imine (C=N–C) groups is 1. The van der Waals surface area contributed by atoms with Gasteiger partial charge in [-0.3, -0.25) is 0 Å². The zero-order valence-corrected chi connectivity index (χ0v) is 14.7. The first-order valence-corrected chi connectivity index (χ1v) is 8.15. The summed E-state index contributed by atoms with van der Waals surface area (Å²) in [5.41, 5.74) is 6.88. The molecule has 6 heteroatoms. The number of methoxy groups -OCH3 is 2. The Morgan fingerprint density at radius 2 is 1.80 bits per heavy atom. The van der Waals surface area contributed by atoms with E-state index in [-0.39, 0.29) is 0 Å². The quantitative estimate of drug-likeness (QED) is 0.416. The van der Waals surface area contributed by atoms with Crippen LogP contribution in [0.4, 0.5) is 0 Å². The Kier molecular flexibility index (Phi) is 7.43. The maximum Gasteiger partial charge on any atom is 0.188 e. The summed E-state index contributed by atoms with van der Waals surface area (Å²) in [5.74, 6) is 2.66. The van der Waals surface area contributed by atoms with E-state index in [9.17, 15) is 0 Å². The fourth-order valence-electron chi connectivity index (χ4n) is 2.21. The largest absolute Gasteiger partial charge is 0.494 e. The van der Waals surface area contributed by atoms with Crippen molar-refractivity contribution in [1.82, 2.24) is 5.32 Å². The van der Waals surface area contributed by atoms with Crippen molar-refractivity contribution in [3.63, 3.8) is 0 Å². The van der Waals surface area contributed by atoms with Crippen molar-refractivity contribution in [3.05, 3.63) is 54.1 Å². The third kappa shape index (κ3) is 6.25. The van der Waals surface area contributed by atoms with E-state index < -0.39 is 0 Å². The molecule has 134 valence electrons. The van der Waals surface area contributed by atoms with Crippen LogP contribution in [0.3, 0.4) is 0 Å². The molecule has 0 aromatic heterocycles. The molecule has 0 saturated carbocycles. The number of hydrogen-bond donors (Lipinski definition) is 2. The summed E-state index contributed by atoms with van der Waals surface area (Å²) in [7, 11) is 3.22. The maximum absolute atomic E-state index is 5.88. The number of nitrogens with two attached hydrogens (primary N) is 1. The normalized spacial score (nSPS) is 11.0. The smallest absolute Gasteiger partial charge is 0.188 e. The summed E-state index contributed by atoms with van der Waals surface area (Å²) >= 11 is 0. The fourth-order valence-corrected chi connectivity index (χ4v) is 2.21. The van der Waals surface area contributed by atoms with Crippen molar-refractivity contribution >= 4 is 5.96 Å². The van der Waals surface area contributed by atoms with Gasteiger partial charge in [-0.2, -0.15) is 0 Å². The summed E-state index contributed by atoms with van der Waals surface area (Å²) in [6, 6.07) is 15.4. The highest BCUT2D eigenvalue weighted by molar-refractivity contribution is 5.77. The van der Waals surface area contributed by atoms with E-state index in [0.717, 1.165) is 17.7 Å². The summed E-state index contributed by atoms with van der Waals surface area (Å²) in [4.78, 5) is 4.33. The standard InChI is InChI=1S/C19H25N3O3/c1-23-17-10-9-15(13-18(17)24-2)14-22-19(20)21-11-6-12-25-16-7-4-3-5-8-16/h3-5,7-10,13H,6,11-12,14H2,1-2H3,(H3,20,21,22). The fraction of sp³-hybridized carbons (Fsp3) is 0.316. The lowest BCUT2D eigenvalue weighted by molar-refractivity contribution is 0.311. The Morgan fingerprint density at radius 3 is 2.52 bits per heavy atom. The van der Waals surface area contributed by atoms with Gasteiger partial charge in [0.15, 0.2) is 17.5 Å². The van der Waals surface area contributed by atoms with E-state index in [1.54, 1.807) is 14.2 Å². The molecule has 0 heterocycles. The number of rotatable bonds is 9. The highest BCUT2D eigenvalue weighted by Gasteiger charge is 2.04. The first-order valence-electron chi connectivity index (χ1n) is 8.15. The lowest BCUT2D eigenvalue weighted by Crippen LogP contribution is -2.33. The van der Waals surface area contributed by atoms with Crippen molar-refractivity contribution in [3.8, 4) is 17.2 Å². The SMILES string of the molecule is COc1ccc(CN=C(N)NCCCOc2ccccc2)cc1OC. The van der Waals surface area contributed by atoms with Gasteiger partial charge in [-0.05, 0) is 36.2 Å². The lowest BCUT2D eigenvalue weighted by atomic mass is 10.2. The van der Waals surface area contributed by atoms with Gasteiger partial charge in [0.2, 0.25) is 0 Å². The Balaban J connectivity index is 1.71. The molecule has 0 fully saturated rings. The van der Waals surface area contributed by atoms with Crippen molar-refractivity contribution in [2.45, 2.75) is 13.0 Å². The molecule has 2 aromatic carbocycles. The summed E-state index contributed by atoms with van der Waals surface area (Å²) in [6.07, 6.45) is 0.835. The third-order valence-corrected chi connectivity index (χ3v) is 3.52. The minimum absolute atomic E-state index is 0.412. The average molecular weight is 343 g/mol. The second kappa shape index (κ2) is 10.1. The second-order valence-electron chi connectivity index (χ2n) is 5.33. The van der Waals surface area contributed by atoms with E-state index in [1.807, 2.05) is 48.5 Å². The van der Waals surface area contributed by atoms with Crippen LogP contribution in [0.2, 0.25) is 0 Å². The topological polar surface area (TPSA) is 78.1 Å². The predicted molar refractivity (Wildman–Crippen MR) is 99.4 cm³/mol. The molecule has 25 heavy (non-hydrogen) atoms. The summed E-state index contributed by atoms with van der Waals surface area (Å²) < 4.78 is 16.1. The zero-order valence-electron chi connectivity index (χ0n) is 14.7. The third-order valence-electron chi connectivity index (χ3n) is 3.52. The van der Waals surface area contributed by atoms with Gasteiger partial charge in [0, 0.05) is 6.54 Å². The minimum atomic E-state index is 0.412. The summed E-state index contributed by atoms with van der Waals surface area (Å²) in [6.45, 7) is 1.80. The maximum atomic E-state index is 5.88. The number of hydrogen-bond acceptors (Lipinski definition) is 4. The van der Waals surface area contributed by atoms with E-state index in [0.29, 0.717) is 37.2 Å². The summed E-state index contributed by atoms with van der Waals surface area (Å²) in [5, 5.41) is 3.08. The molecule has 3 N–H and O–H groups in total. The van der Waals surface area contributed by atoms with Crippen molar-refractivity contribution in [2.24, 2.45) is 10.7 Å². The van der Waals surface area contributed by atoms with Crippen LogP contribution in [0.25, 0.3) is 0 Å². The Labute approximate surface area is 148 Å².